The number of alkyl halides is 3. The van der Waals surface area contributed by atoms with Crippen LogP contribution in [0.15, 0.2) is 22.7 Å². The van der Waals surface area contributed by atoms with Gasteiger partial charge in [-0.3, -0.25) is 0 Å². The highest BCUT2D eigenvalue weighted by Gasteiger charge is 2.33. The van der Waals surface area contributed by atoms with E-state index in [2.05, 4.69) is 20.9 Å². The molecule has 7 heteroatoms. The van der Waals surface area contributed by atoms with Crippen LogP contribution >= 0.6 is 27.5 Å². The molecule has 0 unspecified atom stereocenters. The predicted octanol–water partition coefficient (Wildman–Crippen LogP) is 4.68. The number of ether oxygens (including phenoxy) is 1. The van der Waals surface area contributed by atoms with Crippen LogP contribution in [-0.2, 0) is 6.18 Å². The van der Waals surface area contributed by atoms with Gasteiger partial charge >= 0.3 is 6.18 Å². The first-order chi connectivity index (χ1) is 8.34. The normalized spacial score (nSPS) is 11.9. The molecule has 0 saturated carbocycles. The number of benzene rings is 1. The summed E-state index contributed by atoms with van der Waals surface area (Å²) in [6.07, 6.45) is -4.54. The molecule has 0 saturated heterocycles. The third-order valence-corrected chi connectivity index (χ3v) is 3.27. The number of hydrogen-bond acceptors (Lipinski definition) is 2. The second kappa shape index (κ2) is 4.59. The van der Waals surface area contributed by atoms with E-state index < -0.39 is 11.9 Å². The molecule has 0 aliphatic heterocycles. The first-order valence-electron chi connectivity index (χ1n) is 4.74. The molecule has 0 bridgehead atoms. The maximum atomic E-state index is 12.6. The number of rotatable bonds is 1. The standard InChI is InChI=1S/C11H6BrClF3NO/c1-18-7-3-2-5(12)10-9(7)6(13)4-8(17-10)11(14,15)16/h2-4H,1H3. The van der Waals surface area contributed by atoms with E-state index in [1.165, 1.54) is 7.11 Å². The third-order valence-electron chi connectivity index (χ3n) is 2.34. The maximum absolute atomic E-state index is 12.6. The Bertz CT molecular complexity index is 615. The smallest absolute Gasteiger partial charge is 0.433 e. The van der Waals surface area contributed by atoms with Crippen molar-refractivity contribution in [3.8, 4) is 5.75 Å². The van der Waals surface area contributed by atoms with Crippen molar-refractivity contribution in [3.63, 3.8) is 0 Å². The zero-order chi connectivity index (χ0) is 13.5. The quantitative estimate of drug-likeness (QED) is 0.752. The molecule has 18 heavy (non-hydrogen) atoms. The van der Waals surface area contributed by atoms with E-state index in [-0.39, 0.29) is 10.5 Å². The summed E-state index contributed by atoms with van der Waals surface area (Å²) in [4.78, 5) is 3.58. The molecule has 0 N–H and O–H groups in total. The Kier molecular flexibility index (Phi) is 3.42. The fraction of sp³-hybridized carbons (Fsp3) is 0.182. The first-order valence-corrected chi connectivity index (χ1v) is 5.91. The van der Waals surface area contributed by atoms with Crippen LogP contribution in [0.1, 0.15) is 5.69 Å². The van der Waals surface area contributed by atoms with Crippen LogP contribution in [0.25, 0.3) is 10.9 Å². The number of hydrogen-bond donors (Lipinski definition) is 0. The van der Waals surface area contributed by atoms with Gasteiger partial charge < -0.3 is 4.74 Å². The van der Waals surface area contributed by atoms with Crippen LogP contribution in [0.4, 0.5) is 13.2 Å². The lowest BCUT2D eigenvalue weighted by Gasteiger charge is -2.12. The molecule has 96 valence electrons. The fourth-order valence-electron chi connectivity index (χ4n) is 1.55. The van der Waals surface area contributed by atoms with Crippen molar-refractivity contribution in [1.29, 1.82) is 0 Å². The first kappa shape index (κ1) is 13.4. The second-order valence-electron chi connectivity index (χ2n) is 3.46. The molecule has 0 fully saturated rings. The Labute approximate surface area is 114 Å². The molecule has 1 heterocycles. The minimum absolute atomic E-state index is 0.0505. The van der Waals surface area contributed by atoms with E-state index in [1.807, 2.05) is 0 Å². The summed E-state index contributed by atoms with van der Waals surface area (Å²) in [5.41, 5.74) is -0.914. The summed E-state index contributed by atoms with van der Waals surface area (Å²) in [6, 6.07) is 3.96. The highest BCUT2D eigenvalue weighted by atomic mass is 79.9. The topological polar surface area (TPSA) is 22.1 Å². The Hall–Kier alpha value is -1.01. The Morgan fingerprint density at radius 3 is 2.56 bits per heavy atom. The number of fused-ring (bicyclic) bond motifs is 1. The largest absolute Gasteiger partial charge is 0.496 e. The Morgan fingerprint density at radius 1 is 1.33 bits per heavy atom. The minimum Gasteiger partial charge on any atom is -0.496 e. The van der Waals surface area contributed by atoms with Crippen molar-refractivity contribution >= 4 is 38.4 Å². The van der Waals surface area contributed by atoms with Gasteiger partial charge in [0.05, 0.1) is 23.0 Å². The van der Waals surface area contributed by atoms with Crippen LogP contribution < -0.4 is 4.74 Å². The molecule has 1 aromatic heterocycles. The molecule has 0 atom stereocenters. The molecule has 0 aliphatic carbocycles. The molecule has 2 aromatic rings. The van der Waals surface area contributed by atoms with Gasteiger partial charge in [-0.1, -0.05) is 11.6 Å². The molecule has 1 aromatic carbocycles. The molecule has 2 rings (SSSR count). The molecular formula is C11H6BrClF3NO. The van der Waals surface area contributed by atoms with Crippen LogP contribution in [0.5, 0.6) is 5.75 Å². The number of methoxy groups -OCH3 is 1. The average molecular weight is 341 g/mol. The van der Waals surface area contributed by atoms with Gasteiger partial charge in [-0.05, 0) is 34.1 Å². The molecule has 0 spiro atoms. The summed E-state index contributed by atoms with van der Waals surface area (Å²) in [7, 11) is 1.41. The average Bonchev–Trinajstić information content (AvgIpc) is 2.29. The van der Waals surface area contributed by atoms with Gasteiger partial charge in [0.2, 0.25) is 0 Å². The summed E-state index contributed by atoms with van der Waals surface area (Å²) in [5, 5.41) is 0.298. The van der Waals surface area contributed by atoms with Gasteiger partial charge in [0.25, 0.3) is 0 Å². The van der Waals surface area contributed by atoms with Crippen molar-refractivity contribution in [2.75, 3.05) is 7.11 Å². The highest BCUT2D eigenvalue weighted by Crippen LogP contribution is 2.39. The monoisotopic (exact) mass is 339 g/mol. The van der Waals surface area contributed by atoms with Crippen LogP contribution in [-0.4, -0.2) is 12.1 Å². The van der Waals surface area contributed by atoms with Gasteiger partial charge in [-0.25, -0.2) is 4.98 Å². The fourth-order valence-corrected chi connectivity index (χ4v) is 2.25. The van der Waals surface area contributed by atoms with E-state index in [0.29, 0.717) is 15.6 Å². The van der Waals surface area contributed by atoms with Crippen molar-refractivity contribution in [3.05, 3.63) is 33.4 Å². The molecule has 0 radical (unpaired) electrons. The van der Waals surface area contributed by atoms with Crippen molar-refractivity contribution in [2.24, 2.45) is 0 Å². The Morgan fingerprint density at radius 2 is 2.00 bits per heavy atom. The lowest BCUT2D eigenvalue weighted by molar-refractivity contribution is -0.140. The van der Waals surface area contributed by atoms with E-state index in [9.17, 15) is 13.2 Å². The van der Waals surface area contributed by atoms with Crippen LogP contribution in [0.2, 0.25) is 5.02 Å². The van der Waals surface area contributed by atoms with Gasteiger partial charge in [0, 0.05) is 4.47 Å². The van der Waals surface area contributed by atoms with E-state index in [4.69, 9.17) is 16.3 Å². The van der Waals surface area contributed by atoms with Crippen LogP contribution in [0, 0.1) is 0 Å². The van der Waals surface area contributed by atoms with Crippen molar-refractivity contribution in [2.45, 2.75) is 6.18 Å². The molecule has 0 aliphatic rings. The molecule has 2 nitrogen and oxygen atoms in total. The summed E-state index contributed by atoms with van der Waals surface area (Å²) in [6.45, 7) is 0. The van der Waals surface area contributed by atoms with Gasteiger partial charge in [0.15, 0.2) is 0 Å². The Balaban J connectivity index is 2.85. The van der Waals surface area contributed by atoms with E-state index in [1.54, 1.807) is 12.1 Å². The molecular weight excluding hydrogens is 334 g/mol. The summed E-state index contributed by atoms with van der Waals surface area (Å²) in [5.74, 6) is 0.374. The molecule has 0 amide bonds. The second-order valence-corrected chi connectivity index (χ2v) is 4.72. The van der Waals surface area contributed by atoms with Crippen molar-refractivity contribution in [1.82, 2.24) is 4.98 Å². The number of halogens is 5. The maximum Gasteiger partial charge on any atom is 0.433 e. The lowest BCUT2D eigenvalue weighted by Crippen LogP contribution is -2.08. The van der Waals surface area contributed by atoms with Gasteiger partial charge in [-0.15, -0.1) is 0 Å². The highest BCUT2D eigenvalue weighted by molar-refractivity contribution is 9.10. The number of pyridine rings is 1. The number of aromatic nitrogens is 1. The van der Waals surface area contributed by atoms with E-state index >= 15 is 0 Å². The van der Waals surface area contributed by atoms with E-state index in [0.717, 1.165) is 6.07 Å². The van der Waals surface area contributed by atoms with Gasteiger partial charge in [0.1, 0.15) is 11.4 Å². The van der Waals surface area contributed by atoms with Crippen LogP contribution in [0.3, 0.4) is 0 Å². The SMILES string of the molecule is COc1ccc(Br)c2nc(C(F)(F)F)cc(Cl)c12. The third kappa shape index (κ3) is 2.27. The zero-order valence-electron chi connectivity index (χ0n) is 8.98. The number of nitrogens with zero attached hydrogens (tertiary/aromatic N) is 1. The zero-order valence-corrected chi connectivity index (χ0v) is 11.3. The minimum atomic E-state index is -4.54. The predicted molar refractivity (Wildman–Crippen MR) is 66.0 cm³/mol. The lowest BCUT2D eigenvalue weighted by atomic mass is 10.2. The van der Waals surface area contributed by atoms with Gasteiger partial charge in [-0.2, -0.15) is 13.2 Å². The summed E-state index contributed by atoms with van der Waals surface area (Å²) >= 11 is 9.03. The summed E-state index contributed by atoms with van der Waals surface area (Å²) < 4.78 is 43.4. The van der Waals surface area contributed by atoms with Crippen molar-refractivity contribution < 1.29 is 17.9 Å².